The molecular formula is C52H54S2. The molecule has 2 aliphatic heterocycles. The van der Waals surface area contributed by atoms with E-state index in [0.717, 1.165) is 37.0 Å². The molecule has 2 aromatic carbocycles. The molecule has 7 unspecified atom stereocenters. The average molecular weight is 743 g/mol. The molecule has 0 radical (unpaired) electrons. The van der Waals surface area contributed by atoms with E-state index in [1.807, 2.05) is 11.8 Å². The van der Waals surface area contributed by atoms with Gasteiger partial charge in [-0.3, -0.25) is 0 Å². The summed E-state index contributed by atoms with van der Waals surface area (Å²) in [6.45, 7) is 0. The van der Waals surface area contributed by atoms with Crippen molar-refractivity contribution in [2.24, 2.45) is 35.5 Å². The van der Waals surface area contributed by atoms with Gasteiger partial charge in [-0.15, -0.1) is 11.8 Å². The van der Waals surface area contributed by atoms with E-state index in [4.69, 9.17) is 0 Å². The molecule has 8 atom stereocenters. The highest BCUT2D eigenvalue weighted by molar-refractivity contribution is 8.04. The highest BCUT2D eigenvalue weighted by atomic mass is 32.2. The molecule has 2 aromatic rings. The van der Waals surface area contributed by atoms with Crippen LogP contribution in [0.5, 0.6) is 0 Å². The Kier molecular flexibility index (Phi) is 8.88. The summed E-state index contributed by atoms with van der Waals surface area (Å²) in [5.74, 6) is 3.76. The van der Waals surface area contributed by atoms with Crippen molar-refractivity contribution in [3.05, 3.63) is 159 Å². The first-order valence-corrected chi connectivity index (χ1v) is 23.3. The molecule has 274 valence electrons. The zero-order valence-electron chi connectivity index (χ0n) is 31.7. The number of rotatable bonds is 3. The molecule has 0 saturated carbocycles. The van der Waals surface area contributed by atoms with E-state index in [2.05, 4.69) is 127 Å². The summed E-state index contributed by atoms with van der Waals surface area (Å²) in [7, 11) is 0. The summed E-state index contributed by atoms with van der Waals surface area (Å²) in [4.78, 5) is 4.47. The predicted octanol–water partition coefficient (Wildman–Crippen LogP) is 14.4. The normalized spacial score (nSPS) is 34.9. The molecule has 9 aliphatic rings. The summed E-state index contributed by atoms with van der Waals surface area (Å²) < 4.78 is 0. The average Bonchev–Trinajstić information content (AvgIpc) is 3.41. The maximum Gasteiger partial charge on any atom is 0.0563 e. The van der Waals surface area contributed by atoms with E-state index in [9.17, 15) is 0 Å². The van der Waals surface area contributed by atoms with Crippen molar-refractivity contribution >= 4 is 29.1 Å². The van der Waals surface area contributed by atoms with E-state index in [0.29, 0.717) is 23.0 Å². The summed E-state index contributed by atoms with van der Waals surface area (Å²) in [5, 5.41) is 0.393. The maximum absolute atomic E-state index is 2.80. The molecule has 11 rings (SSSR count). The second-order valence-corrected chi connectivity index (χ2v) is 19.9. The van der Waals surface area contributed by atoms with Crippen molar-refractivity contribution in [1.29, 1.82) is 0 Å². The fraction of sp³-hybridized carbons (Fsp3) is 0.423. The Morgan fingerprint density at radius 3 is 2.57 bits per heavy atom. The van der Waals surface area contributed by atoms with Gasteiger partial charge < -0.3 is 0 Å². The number of hydrogen-bond donors (Lipinski definition) is 0. The van der Waals surface area contributed by atoms with Gasteiger partial charge in [0, 0.05) is 37.7 Å². The molecule has 0 N–H and O–H groups in total. The third-order valence-corrected chi connectivity index (χ3v) is 17.3. The van der Waals surface area contributed by atoms with Gasteiger partial charge in [0.25, 0.3) is 0 Å². The van der Waals surface area contributed by atoms with E-state index in [1.54, 1.807) is 38.3 Å². The fourth-order valence-corrected chi connectivity index (χ4v) is 15.3. The van der Waals surface area contributed by atoms with Crippen LogP contribution in [0.4, 0.5) is 0 Å². The lowest BCUT2D eigenvalue weighted by atomic mass is 9.56. The summed E-state index contributed by atoms with van der Waals surface area (Å²) in [5.41, 5.74) is 12.7. The van der Waals surface area contributed by atoms with Crippen LogP contribution in [0.3, 0.4) is 0 Å². The third-order valence-electron chi connectivity index (χ3n) is 14.9. The molecular weight excluding hydrogens is 689 g/mol. The standard InChI is InChI=1S/C52H54S2/c1-3-15-34(16-4-1)38-31-36-19-7-8-20-39(36)42-23-13-21-40(43(42)32-38)37-29-30-46-50(33-37)54-48-27-12-10-25-45(48)52(46)44-24-9-11-26-47(44)53-49-28-14-22-41(51(49)52)35-17-5-2-6-18-35/h3,8-9,11,13-15,17,20,22-30,33-34,36,38-40,46,50H,1-2,4-7,10,12,16,18-19,21,31-32H2/t34?,36?,38?,39?,40?,46-,50?,52?/m1/s1. The first kappa shape index (κ1) is 34.1. The highest BCUT2D eigenvalue weighted by Crippen LogP contribution is 2.66. The van der Waals surface area contributed by atoms with Crippen LogP contribution in [-0.4, -0.2) is 5.25 Å². The van der Waals surface area contributed by atoms with Crippen LogP contribution in [0.15, 0.2) is 152 Å². The maximum atomic E-state index is 2.80. The molecule has 2 heterocycles. The molecule has 2 heteroatoms. The molecule has 7 aliphatic carbocycles. The Bertz CT molecular complexity index is 2140. The van der Waals surface area contributed by atoms with Crippen molar-refractivity contribution in [2.45, 2.75) is 110 Å². The van der Waals surface area contributed by atoms with Gasteiger partial charge >= 0.3 is 0 Å². The quantitative estimate of drug-likeness (QED) is 0.287. The molecule has 0 amide bonds. The molecule has 0 aromatic heterocycles. The third kappa shape index (κ3) is 5.47. The second-order valence-electron chi connectivity index (χ2n) is 17.6. The van der Waals surface area contributed by atoms with Gasteiger partial charge in [0.2, 0.25) is 0 Å². The molecule has 1 spiro atoms. The van der Waals surface area contributed by atoms with Crippen molar-refractivity contribution in [2.75, 3.05) is 0 Å². The van der Waals surface area contributed by atoms with Gasteiger partial charge in [0.15, 0.2) is 0 Å². The largest absolute Gasteiger partial charge is 0.118 e. The Morgan fingerprint density at radius 2 is 1.65 bits per heavy atom. The summed E-state index contributed by atoms with van der Waals surface area (Å²) >= 11 is 4.21. The predicted molar refractivity (Wildman–Crippen MR) is 231 cm³/mol. The van der Waals surface area contributed by atoms with Crippen LogP contribution in [0.25, 0.3) is 5.57 Å². The number of fused-ring (bicyclic) bond motifs is 10. The fourth-order valence-electron chi connectivity index (χ4n) is 12.5. The smallest absolute Gasteiger partial charge is 0.0563 e. The number of benzene rings is 2. The lowest BCUT2D eigenvalue weighted by Gasteiger charge is -2.54. The lowest BCUT2D eigenvalue weighted by Crippen LogP contribution is -2.49. The van der Waals surface area contributed by atoms with E-state index >= 15 is 0 Å². The van der Waals surface area contributed by atoms with Gasteiger partial charge in [0.1, 0.15) is 0 Å². The Labute approximate surface area is 332 Å². The van der Waals surface area contributed by atoms with Gasteiger partial charge in [-0.05, 0) is 159 Å². The van der Waals surface area contributed by atoms with Crippen LogP contribution in [-0.2, 0) is 5.41 Å². The molecule has 0 bridgehead atoms. The molecule has 0 nitrogen and oxygen atoms in total. The van der Waals surface area contributed by atoms with Gasteiger partial charge in [-0.25, -0.2) is 0 Å². The summed E-state index contributed by atoms with van der Waals surface area (Å²) in [6.07, 6.45) is 49.2. The van der Waals surface area contributed by atoms with Crippen LogP contribution in [0.1, 0.15) is 107 Å². The van der Waals surface area contributed by atoms with Crippen molar-refractivity contribution < 1.29 is 0 Å². The topological polar surface area (TPSA) is 0 Å². The van der Waals surface area contributed by atoms with Gasteiger partial charge in [-0.2, -0.15) is 0 Å². The number of hydrogen-bond acceptors (Lipinski definition) is 2. The van der Waals surface area contributed by atoms with Crippen molar-refractivity contribution in [1.82, 2.24) is 0 Å². The van der Waals surface area contributed by atoms with Gasteiger partial charge in [0.05, 0.1) is 5.41 Å². The SMILES string of the molecule is C1=CC(C2CC3=C(C=CCC3C3=CC4SC5=CCCC=C5C5(c6ccccc6Sc6cccc(C7=CCCCC7)c65)[C@@H]4C=C3)C3C=CCCC3C2)CCC1. The zero-order valence-corrected chi connectivity index (χ0v) is 33.4. The van der Waals surface area contributed by atoms with Crippen molar-refractivity contribution in [3.63, 3.8) is 0 Å². The number of allylic oxidation sites excluding steroid dienone is 16. The van der Waals surface area contributed by atoms with Gasteiger partial charge in [-0.1, -0.05) is 121 Å². The number of thioether (sulfide) groups is 1. The first-order chi connectivity index (χ1) is 26.8. The monoisotopic (exact) mass is 742 g/mol. The lowest BCUT2D eigenvalue weighted by molar-refractivity contribution is 0.257. The zero-order chi connectivity index (χ0) is 35.6. The highest BCUT2D eigenvalue weighted by Gasteiger charge is 2.56. The van der Waals surface area contributed by atoms with Crippen LogP contribution >= 0.6 is 23.5 Å². The minimum absolute atomic E-state index is 0.204. The summed E-state index contributed by atoms with van der Waals surface area (Å²) in [6, 6.07) is 16.8. The van der Waals surface area contributed by atoms with E-state index < -0.39 is 0 Å². The second kappa shape index (κ2) is 14.1. The van der Waals surface area contributed by atoms with Crippen LogP contribution < -0.4 is 0 Å². The minimum atomic E-state index is -0.204. The van der Waals surface area contributed by atoms with E-state index in [-0.39, 0.29) is 5.41 Å². The molecule has 54 heavy (non-hydrogen) atoms. The Balaban J connectivity index is 1.06. The van der Waals surface area contributed by atoms with E-state index in [1.165, 1.54) is 91.5 Å². The molecule has 1 saturated heterocycles. The molecule has 1 fully saturated rings. The Morgan fingerprint density at radius 1 is 0.722 bits per heavy atom. The minimum Gasteiger partial charge on any atom is -0.118 e. The van der Waals surface area contributed by atoms with Crippen LogP contribution in [0, 0.1) is 35.5 Å². The Hall–Kier alpha value is -3.20. The first-order valence-electron chi connectivity index (χ1n) is 21.6. The van der Waals surface area contributed by atoms with Crippen molar-refractivity contribution in [3.8, 4) is 0 Å². The van der Waals surface area contributed by atoms with Crippen LogP contribution in [0.2, 0.25) is 0 Å².